The summed E-state index contributed by atoms with van der Waals surface area (Å²) >= 11 is 0. The summed E-state index contributed by atoms with van der Waals surface area (Å²) in [4.78, 5) is 3.86. The van der Waals surface area contributed by atoms with Gasteiger partial charge in [0.05, 0.1) is 0 Å². The third kappa shape index (κ3) is 7.72. The van der Waals surface area contributed by atoms with Crippen molar-refractivity contribution in [2.75, 3.05) is 6.54 Å². The highest BCUT2D eigenvalue weighted by atomic mass is 28.5. The fourth-order valence-electron chi connectivity index (χ4n) is 3.48. The Morgan fingerprint density at radius 1 is 0.731 bits per heavy atom. The molecular formula is C16H43NO4Si5. The molecular weight excluding hydrogens is 411 g/mol. The normalized spacial score (nSPS) is 25.4. The fraction of sp³-hybridized carbons (Fsp3) is 1.00. The quantitative estimate of drug-likeness (QED) is 0.456. The van der Waals surface area contributed by atoms with E-state index in [1.807, 2.05) is 0 Å². The Kier molecular flexibility index (Phi) is 7.63. The first-order valence-corrected chi connectivity index (χ1v) is 23.8. The van der Waals surface area contributed by atoms with Gasteiger partial charge in [-0.05, 0) is 69.9 Å². The van der Waals surface area contributed by atoms with E-state index in [0.29, 0.717) is 5.04 Å². The highest BCUT2D eigenvalue weighted by Crippen LogP contribution is 2.35. The summed E-state index contributed by atoms with van der Waals surface area (Å²) in [5, 5.41) is 0.350. The van der Waals surface area contributed by atoms with E-state index in [2.05, 4.69) is 84.7 Å². The molecule has 1 aliphatic heterocycles. The molecule has 0 aromatic heterocycles. The maximum atomic E-state index is 6.64. The van der Waals surface area contributed by atoms with Gasteiger partial charge < -0.3 is 21.4 Å². The summed E-state index contributed by atoms with van der Waals surface area (Å²) in [5.41, 5.74) is 0. The Morgan fingerprint density at radius 2 is 1.12 bits per heavy atom. The van der Waals surface area contributed by atoms with Crippen LogP contribution < -0.4 is 4.98 Å². The second-order valence-corrected chi connectivity index (χ2v) is 30.2. The van der Waals surface area contributed by atoms with Crippen molar-refractivity contribution in [2.24, 2.45) is 0 Å². The van der Waals surface area contributed by atoms with E-state index in [0.717, 1.165) is 19.0 Å². The summed E-state index contributed by atoms with van der Waals surface area (Å²) in [6.45, 7) is 27.8. The van der Waals surface area contributed by atoms with Crippen molar-refractivity contribution in [3.63, 3.8) is 0 Å². The smallest absolute Gasteiger partial charge is 0.317 e. The molecule has 0 radical (unpaired) electrons. The SMILES string of the molecule is CC(C)(C)[Si](C)(C)NCCC[Si]1(C)O[Si](C)(C)O[Si](C)(C)O[Si](C)(C)O1. The number of nitrogens with one attached hydrogen (secondary N) is 1. The summed E-state index contributed by atoms with van der Waals surface area (Å²) < 4.78 is 26.1. The monoisotopic (exact) mass is 453 g/mol. The molecule has 0 aromatic carbocycles. The van der Waals surface area contributed by atoms with Crippen molar-refractivity contribution in [2.45, 2.75) is 97.2 Å². The number of hydrogen-bond acceptors (Lipinski definition) is 5. The van der Waals surface area contributed by atoms with Crippen LogP contribution in [0.1, 0.15) is 27.2 Å². The first kappa shape index (κ1) is 24.9. The van der Waals surface area contributed by atoms with Gasteiger partial charge in [0.15, 0.2) is 0 Å². The van der Waals surface area contributed by atoms with Crippen LogP contribution >= 0.6 is 0 Å². The molecule has 1 heterocycles. The molecule has 0 spiro atoms. The summed E-state index contributed by atoms with van der Waals surface area (Å²) in [5.74, 6) is 0. The average Bonchev–Trinajstić information content (AvgIpc) is 2.26. The van der Waals surface area contributed by atoms with Gasteiger partial charge in [-0.15, -0.1) is 0 Å². The van der Waals surface area contributed by atoms with E-state index in [4.69, 9.17) is 16.5 Å². The highest BCUT2D eigenvalue weighted by Gasteiger charge is 2.52. The standard InChI is InChI=1S/C16H43NO4Si5/c1-16(2,3)22(4,5)17-14-13-15-26(12)20-24(8,9)18-23(6,7)19-25(10,11)21-26/h17H,13-15H2,1-12H3. The Bertz CT molecular complexity index is 470. The minimum Gasteiger partial charge on any atom is -0.416 e. The van der Waals surface area contributed by atoms with E-state index >= 15 is 0 Å². The molecule has 1 rings (SSSR count). The van der Waals surface area contributed by atoms with Crippen LogP contribution in [0.25, 0.3) is 0 Å². The zero-order valence-electron chi connectivity index (χ0n) is 19.3. The molecule has 0 amide bonds. The van der Waals surface area contributed by atoms with Crippen LogP contribution in [0.15, 0.2) is 0 Å². The number of rotatable bonds is 5. The van der Waals surface area contributed by atoms with Gasteiger partial charge in [-0.25, -0.2) is 0 Å². The molecule has 0 bridgehead atoms. The van der Waals surface area contributed by atoms with E-state index < -0.39 is 42.5 Å². The van der Waals surface area contributed by atoms with Crippen LogP contribution in [0.5, 0.6) is 0 Å². The van der Waals surface area contributed by atoms with Gasteiger partial charge in [-0.2, -0.15) is 0 Å². The van der Waals surface area contributed by atoms with Crippen molar-refractivity contribution in [1.29, 1.82) is 0 Å². The average molecular weight is 454 g/mol. The van der Waals surface area contributed by atoms with Gasteiger partial charge >= 0.3 is 34.2 Å². The molecule has 0 atom stereocenters. The Hall–Kier alpha value is 0.884. The van der Waals surface area contributed by atoms with Gasteiger partial charge in [0.1, 0.15) is 8.24 Å². The third-order valence-electron chi connectivity index (χ3n) is 5.16. The first-order valence-electron chi connectivity index (χ1n) is 9.84. The van der Waals surface area contributed by atoms with Crippen molar-refractivity contribution < 1.29 is 16.5 Å². The van der Waals surface area contributed by atoms with Crippen molar-refractivity contribution >= 4 is 42.5 Å². The van der Waals surface area contributed by atoms with Gasteiger partial charge in [-0.3, -0.25) is 0 Å². The van der Waals surface area contributed by atoms with E-state index in [1.165, 1.54) is 0 Å². The predicted molar refractivity (Wildman–Crippen MR) is 123 cm³/mol. The maximum Gasteiger partial charge on any atom is 0.317 e. The molecule has 0 unspecified atom stereocenters. The van der Waals surface area contributed by atoms with E-state index in [1.54, 1.807) is 0 Å². The van der Waals surface area contributed by atoms with Crippen LogP contribution in [0, 0.1) is 0 Å². The second kappa shape index (κ2) is 7.96. The molecule has 10 heteroatoms. The Balaban J connectivity index is 2.77. The summed E-state index contributed by atoms with van der Waals surface area (Å²) in [6, 6.07) is 0.982. The van der Waals surface area contributed by atoms with Gasteiger partial charge in [0, 0.05) is 0 Å². The van der Waals surface area contributed by atoms with Gasteiger partial charge in [-0.1, -0.05) is 33.9 Å². The van der Waals surface area contributed by atoms with Crippen LogP contribution in [0.3, 0.4) is 0 Å². The lowest BCUT2D eigenvalue weighted by atomic mass is 10.2. The minimum absolute atomic E-state index is 0.350. The van der Waals surface area contributed by atoms with Crippen molar-refractivity contribution in [3.05, 3.63) is 0 Å². The van der Waals surface area contributed by atoms with Crippen LogP contribution in [-0.4, -0.2) is 49.0 Å². The highest BCUT2D eigenvalue weighted by molar-refractivity contribution is 6.93. The molecule has 1 aliphatic rings. The number of hydrogen-bond donors (Lipinski definition) is 1. The van der Waals surface area contributed by atoms with Crippen LogP contribution in [0.2, 0.25) is 70.0 Å². The molecule has 1 N–H and O–H groups in total. The van der Waals surface area contributed by atoms with E-state index in [-0.39, 0.29) is 0 Å². The topological polar surface area (TPSA) is 49.0 Å². The zero-order valence-corrected chi connectivity index (χ0v) is 24.3. The fourth-order valence-corrected chi connectivity index (χ4v) is 26.4. The Morgan fingerprint density at radius 3 is 1.50 bits per heavy atom. The Labute approximate surface area is 167 Å². The second-order valence-electron chi connectivity index (χ2n) is 10.6. The third-order valence-corrected chi connectivity index (χ3v) is 26.6. The first-order chi connectivity index (χ1) is 11.3. The van der Waals surface area contributed by atoms with Crippen LogP contribution in [0.4, 0.5) is 0 Å². The zero-order chi connectivity index (χ0) is 20.7. The molecule has 5 nitrogen and oxygen atoms in total. The molecule has 0 saturated carbocycles. The lowest BCUT2D eigenvalue weighted by Crippen LogP contribution is -2.65. The lowest BCUT2D eigenvalue weighted by molar-refractivity contribution is 0.234. The van der Waals surface area contributed by atoms with Crippen molar-refractivity contribution in [3.8, 4) is 0 Å². The largest absolute Gasteiger partial charge is 0.416 e. The maximum absolute atomic E-state index is 6.64. The minimum atomic E-state index is -2.32. The van der Waals surface area contributed by atoms with Crippen molar-refractivity contribution in [1.82, 2.24) is 4.98 Å². The van der Waals surface area contributed by atoms with Crippen LogP contribution in [-0.2, 0) is 16.5 Å². The molecule has 0 aromatic rings. The molecule has 156 valence electrons. The molecule has 1 fully saturated rings. The molecule has 26 heavy (non-hydrogen) atoms. The molecule has 0 aliphatic carbocycles. The van der Waals surface area contributed by atoms with E-state index in [9.17, 15) is 0 Å². The summed E-state index contributed by atoms with van der Waals surface area (Å²) in [6.07, 6.45) is 1.07. The summed E-state index contributed by atoms with van der Waals surface area (Å²) in [7, 11) is -10.5. The lowest BCUT2D eigenvalue weighted by Gasteiger charge is -2.47. The predicted octanol–water partition coefficient (Wildman–Crippen LogP) is 5.23. The van der Waals surface area contributed by atoms with Gasteiger partial charge in [0.2, 0.25) is 0 Å². The molecule has 1 saturated heterocycles. The van der Waals surface area contributed by atoms with Gasteiger partial charge in [0.25, 0.3) is 0 Å².